The predicted octanol–water partition coefficient (Wildman–Crippen LogP) is 6.40. The molecule has 0 aliphatic carbocycles. The molecule has 0 saturated carbocycles. The fourth-order valence-electron chi connectivity index (χ4n) is 2.58. The second kappa shape index (κ2) is 9.74. The van der Waals surface area contributed by atoms with Crippen LogP contribution >= 0.6 is 34.8 Å². The Bertz CT molecular complexity index is 857. The van der Waals surface area contributed by atoms with Crippen molar-refractivity contribution in [2.45, 2.75) is 19.0 Å². The molecule has 0 amide bonds. The van der Waals surface area contributed by atoms with Gasteiger partial charge in [-0.2, -0.15) is 0 Å². The Kier molecular flexibility index (Phi) is 7.32. The first-order valence-corrected chi connectivity index (χ1v) is 11.9. The van der Waals surface area contributed by atoms with E-state index in [0.717, 1.165) is 0 Å². The first-order chi connectivity index (χ1) is 13.9. The van der Waals surface area contributed by atoms with Crippen LogP contribution in [0.3, 0.4) is 0 Å². The number of halogens is 3. The lowest BCUT2D eigenvalue weighted by molar-refractivity contribution is 0.243. The van der Waals surface area contributed by atoms with Gasteiger partial charge in [0.05, 0.1) is 15.1 Å². The molecule has 3 aromatic carbocycles. The molecule has 0 aliphatic heterocycles. The summed E-state index contributed by atoms with van der Waals surface area (Å²) < 4.78 is 19.0. The molecular weight excluding hydrogens is 449 g/mol. The molecule has 2 N–H and O–H groups in total. The largest absolute Gasteiger partial charge is 0.717 e. The third-order valence-corrected chi connectivity index (χ3v) is 7.93. The molecule has 0 radical (unpaired) electrons. The standard InChI is InChI=1S/C21H20Cl3NO3Si/c1-2-21(25)29(26-18-12-6-3-9-15(18)22,27-19-13-7-4-10-16(19)23)28-20-14-8-5-11-17(20)24/h3-14,21H,2,25H2,1H3. The zero-order chi connectivity index (χ0) is 20.9. The SMILES string of the molecule is CCC(N)[Si](Oc1ccccc1Cl)(Oc1ccccc1Cl)Oc1ccccc1Cl. The molecule has 8 heteroatoms. The van der Waals surface area contributed by atoms with Gasteiger partial charge in [0.25, 0.3) is 0 Å². The van der Waals surface area contributed by atoms with Crippen molar-refractivity contribution in [3.63, 3.8) is 0 Å². The lowest BCUT2D eigenvalue weighted by Crippen LogP contribution is -2.67. The van der Waals surface area contributed by atoms with Crippen LogP contribution in [-0.4, -0.2) is 14.5 Å². The van der Waals surface area contributed by atoms with Crippen LogP contribution in [0.15, 0.2) is 72.8 Å². The summed E-state index contributed by atoms with van der Waals surface area (Å²) in [5, 5.41) is 1.24. The van der Waals surface area contributed by atoms with Gasteiger partial charge in [-0.25, -0.2) is 0 Å². The third kappa shape index (κ3) is 5.18. The van der Waals surface area contributed by atoms with E-state index in [1.807, 2.05) is 43.3 Å². The Morgan fingerprint density at radius 2 is 1.00 bits per heavy atom. The molecule has 0 bridgehead atoms. The minimum absolute atomic E-state index is 0.406. The van der Waals surface area contributed by atoms with Gasteiger partial charge in [0.1, 0.15) is 22.9 Å². The molecule has 1 unspecified atom stereocenters. The fraction of sp³-hybridized carbons (Fsp3) is 0.143. The van der Waals surface area contributed by atoms with Gasteiger partial charge in [-0.15, -0.1) is 0 Å². The lowest BCUT2D eigenvalue weighted by atomic mass is 10.3. The molecule has 0 spiro atoms. The highest BCUT2D eigenvalue weighted by Crippen LogP contribution is 2.34. The van der Waals surface area contributed by atoms with Crippen LogP contribution in [0.1, 0.15) is 13.3 Å². The molecule has 3 aromatic rings. The maximum atomic E-state index is 6.50. The first-order valence-electron chi connectivity index (χ1n) is 9.01. The van der Waals surface area contributed by atoms with E-state index in [1.54, 1.807) is 36.4 Å². The number of benzene rings is 3. The van der Waals surface area contributed by atoms with E-state index in [2.05, 4.69) is 0 Å². The quantitative estimate of drug-likeness (QED) is 0.389. The topological polar surface area (TPSA) is 53.7 Å². The zero-order valence-electron chi connectivity index (χ0n) is 15.6. The number of hydrogen-bond acceptors (Lipinski definition) is 4. The van der Waals surface area contributed by atoms with Gasteiger partial charge in [0, 0.05) is 0 Å². The van der Waals surface area contributed by atoms with Crippen molar-refractivity contribution in [1.29, 1.82) is 0 Å². The molecule has 1 atom stereocenters. The number of hydrogen-bond donors (Lipinski definition) is 1. The van der Waals surface area contributed by atoms with Crippen LogP contribution in [0.5, 0.6) is 17.2 Å². The van der Waals surface area contributed by atoms with Crippen molar-refractivity contribution in [1.82, 2.24) is 0 Å². The Hall–Kier alpha value is -1.89. The summed E-state index contributed by atoms with van der Waals surface area (Å²) >= 11 is 19.0. The normalized spacial score (nSPS) is 12.3. The molecule has 0 aliphatic rings. The Balaban J connectivity index is 2.11. The zero-order valence-corrected chi connectivity index (χ0v) is 18.9. The van der Waals surface area contributed by atoms with Crippen molar-refractivity contribution in [2.24, 2.45) is 5.73 Å². The van der Waals surface area contributed by atoms with E-state index in [1.165, 1.54) is 0 Å². The van der Waals surface area contributed by atoms with E-state index >= 15 is 0 Å². The van der Waals surface area contributed by atoms with Crippen LogP contribution < -0.4 is 19.0 Å². The maximum absolute atomic E-state index is 6.50. The molecule has 0 aromatic heterocycles. The van der Waals surface area contributed by atoms with Gasteiger partial charge >= 0.3 is 8.80 Å². The highest BCUT2D eigenvalue weighted by molar-refractivity contribution is 6.65. The minimum atomic E-state index is -3.69. The van der Waals surface area contributed by atoms with Crippen LogP contribution in [0.2, 0.25) is 15.1 Å². The first kappa shape index (κ1) is 21.8. The van der Waals surface area contributed by atoms with Crippen molar-refractivity contribution >= 4 is 43.6 Å². The highest BCUT2D eigenvalue weighted by Gasteiger charge is 2.56. The van der Waals surface area contributed by atoms with E-state index in [-0.39, 0.29) is 0 Å². The van der Waals surface area contributed by atoms with Gasteiger partial charge < -0.3 is 19.0 Å². The van der Waals surface area contributed by atoms with E-state index < -0.39 is 14.5 Å². The van der Waals surface area contributed by atoms with E-state index in [4.69, 9.17) is 53.8 Å². The second-order valence-electron chi connectivity index (χ2n) is 6.22. The average Bonchev–Trinajstić information content (AvgIpc) is 2.72. The maximum Gasteiger partial charge on any atom is 0.717 e. The molecule has 29 heavy (non-hydrogen) atoms. The second-order valence-corrected chi connectivity index (χ2v) is 10.00. The summed E-state index contributed by atoms with van der Waals surface area (Å²) in [5.41, 5.74) is 5.93. The molecule has 3 rings (SSSR count). The number of para-hydroxylation sites is 3. The summed E-state index contributed by atoms with van der Waals surface area (Å²) in [4.78, 5) is 0. The summed E-state index contributed by atoms with van der Waals surface area (Å²) in [6.07, 6.45) is 0.533. The summed E-state index contributed by atoms with van der Waals surface area (Å²) in [6.45, 7) is 1.92. The summed E-state index contributed by atoms with van der Waals surface area (Å²) in [6, 6.07) is 21.2. The average molecular weight is 469 g/mol. The van der Waals surface area contributed by atoms with Gasteiger partial charge in [-0.3, -0.25) is 0 Å². The van der Waals surface area contributed by atoms with Crippen molar-refractivity contribution in [3.05, 3.63) is 87.9 Å². The van der Waals surface area contributed by atoms with Gasteiger partial charge in [0.2, 0.25) is 0 Å². The summed E-state index contributed by atoms with van der Waals surface area (Å²) in [7, 11) is -3.69. The van der Waals surface area contributed by atoms with E-state index in [9.17, 15) is 0 Å². The number of rotatable bonds is 8. The Labute approximate surface area is 186 Å². The van der Waals surface area contributed by atoms with Gasteiger partial charge in [-0.1, -0.05) is 78.1 Å². The van der Waals surface area contributed by atoms with Crippen LogP contribution in [-0.2, 0) is 0 Å². The minimum Gasteiger partial charge on any atom is -0.481 e. The highest BCUT2D eigenvalue weighted by atomic mass is 35.5. The van der Waals surface area contributed by atoms with Crippen LogP contribution in [0.4, 0.5) is 0 Å². The molecule has 4 nitrogen and oxygen atoms in total. The van der Waals surface area contributed by atoms with Crippen LogP contribution in [0, 0.1) is 0 Å². The molecule has 0 heterocycles. The van der Waals surface area contributed by atoms with Crippen molar-refractivity contribution in [3.8, 4) is 17.2 Å². The van der Waals surface area contributed by atoms with Crippen molar-refractivity contribution < 1.29 is 13.3 Å². The molecular formula is C21H20Cl3NO3Si. The third-order valence-electron chi connectivity index (χ3n) is 4.16. The summed E-state index contributed by atoms with van der Waals surface area (Å²) in [5.74, 6) is 1.22. The number of nitrogens with two attached hydrogens (primary N) is 1. The van der Waals surface area contributed by atoms with Crippen molar-refractivity contribution in [2.75, 3.05) is 0 Å². The predicted molar refractivity (Wildman–Crippen MR) is 120 cm³/mol. The Morgan fingerprint density at radius 1 is 0.690 bits per heavy atom. The molecule has 0 saturated heterocycles. The van der Waals surface area contributed by atoms with E-state index in [0.29, 0.717) is 38.7 Å². The van der Waals surface area contributed by atoms with Gasteiger partial charge in [-0.05, 0) is 42.8 Å². The fourth-order valence-corrected chi connectivity index (χ4v) is 5.83. The monoisotopic (exact) mass is 467 g/mol. The Morgan fingerprint density at radius 3 is 1.28 bits per heavy atom. The van der Waals surface area contributed by atoms with Crippen LogP contribution in [0.25, 0.3) is 0 Å². The molecule has 152 valence electrons. The molecule has 0 fully saturated rings. The van der Waals surface area contributed by atoms with Gasteiger partial charge in [0.15, 0.2) is 0 Å². The lowest BCUT2D eigenvalue weighted by Gasteiger charge is -2.34. The smallest absolute Gasteiger partial charge is 0.481 e.